The molecule has 1 N–H and O–H groups in total. The minimum atomic E-state index is 0.485. The predicted molar refractivity (Wildman–Crippen MR) is 48.3 cm³/mol. The minimum Gasteiger partial charge on any atom is -0.301 e. The quantitative estimate of drug-likeness (QED) is 0.601. The second kappa shape index (κ2) is 6.62. The van der Waals surface area contributed by atoms with Gasteiger partial charge in [0.25, 0.3) is 0 Å². The lowest BCUT2D eigenvalue weighted by atomic mass is 10.2. The van der Waals surface area contributed by atoms with Crippen LogP contribution in [0.15, 0.2) is 0 Å². The molecule has 1 atom stereocenters. The van der Waals surface area contributed by atoms with Crippen LogP contribution in [0.3, 0.4) is 0 Å². The molecule has 68 valence electrons. The molecular weight excluding hydrogens is 138 g/mol. The lowest BCUT2D eigenvalue weighted by molar-refractivity contribution is 0.00289. The number of hydrogen-bond acceptors (Lipinski definition) is 2. The first-order valence-electron chi connectivity index (χ1n) is 4.54. The van der Waals surface area contributed by atoms with Crippen LogP contribution in [-0.2, 0) is 4.84 Å². The maximum Gasteiger partial charge on any atom is 0.0705 e. The van der Waals surface area contributed by atoms with Gasteiger partial charge >= 0.3 is 0 Å². The van der Waals surface area contributed by atoms with Gasteiger partial charge in [-0.25, -0.2) is 0 Å². The monoisotopic (exact) mass is 159 g/mol. The first kappa shape index (κ1) is 10.9. The van der Waals surface area contributed by atoms with Crippen LogP contribution in [0.1, 0.15) is 40.5 Å². The van der Waals surface area contributed by atoms with Gasteiger partial charge in [0.2, 0.25) is 0 Å². The molecule has 0 aromatic carbocycles. The third kappa shape index (κ3) is 7.82. The highest BCUT2D eigenvalue weighted by molar-refractivity contribution is 4.51. The van der Waals surface area contributed by atoms with Gasteiger partial charge < -0.3 is 4.84 Å². The van der Waals surface area contributed by atoms with E-state index in [1.807, 2.05) is 0 Å². The molecule has 0 heterocycles. The molecule has 0 bridgehead atoms. The van der Waals surface area contributed by atoms with E-state index in [0.717, 1.165) is 6.61 Å². The van der Waals surface area contributed by atoms with Crippen LogP contribution in [0, 0.1) is 5.92 Å². The van der Waals surface area contributed by atoms with Crippen LogP contribution in [0.2, 0.25) is 0 Å². The third-order valence-corrected chi connectivity index (χ3v) is 1.42. The van der Waals surface area contributed by atoms with Crippen molar-refractivity contribution in [3.63, 3.8) is 0 Å². The van der Waals surface area contributed by atoms with Crippen molar-refractivity contribution < 1.29 is 4.84 Å². The Morgan fingerprint density at radius 2 is 1.91 bits per heavy atom. The fourth-order valence-electron chi connectivity index (χ4n) is 0.849. The zero-order valence-corrected chi connectivity index (χ0v) is 8.18. The van der Waals surface area contributed by atoms with Crippen molar-refractivity contribution in [2.75, 3.05) is 6.61 Å². The molecule has 0 amide bonds. The highest BCUT2D eigenvalue weighted by Crippen LogP contribution is 1.96. The average Bonchev–Trinajstić information content (AvgIpc) is 1.87. The highest BCUT2D eigenvalue weighted by Gasteiger charge is 1.99. The second-order valence-corrected chi connectivity index (χ2v) is 3.51. The van der Waals surface area contributed by atoms with Gasteiger partial charge in [-0.15, -0.1) is 0 Å². The van der Waals surface area contributed by atoms with Crippen molar-refractivity contribution in [2.24, 2.45) is 5.92 Å². The topological polar surface area (TPSA) is 21.3 Å². The summed E-state index contributed by atoms with van der Waals surface area (Å²) in [6, 6.07) is 0.485. The molecule has 2 nitrogen and oxygen atoms in total. The summed E-state index contributed by atoms with van der Waals surface area (Å²) in [5.74, 6) is 0.608. The fraction of sp³-hybridized carbons (Fsp3) is 1.00. The van der Waals surface area contributed by atoms with E-state index >= 15 is 0 Å². The maximum absolute atomic E-state index is 5.26. The summed E-state index contributed by atoms with van der Waals surface area (Å²) in [7, 11) is 0. The molecule has 0 aliphatic carbocycles. The maximum atomic E-state index is 5.26. The van der Waals surface area contributed by atoms with Crippen molar-refractivity contribution in [1.29, 1.82) is 0 Å². The van der Waals surface area contributed by atoms with Crippen LogP contribution in [0.4, 0.5) is 0 Å². The summed E-state index contributed by atoms with van der Waals surface area (Å²) < 4.78 is 0. The average molecular weight is 159 g/mol. The summed E-state index contributed by atoms with van der Waals surface area (Å²) in [4.78, 5) is 5.26. The summed E-state index contributed by atoms with van der Waals surface area (Å²) in [5, 5.41) is 0. The van der Waals surface area contributed by atoms with E-state index in [4.69, 9.17) is 4.84 Å². The molecule has 0 fully saturated rings. The summed E-state index contributed by atoms with van der Waals surface area (Å²) in [5.41, 5.74) is 3.01. The van der Waals surface area contributed by atoms with Gasteiger partial charge in [-0.1, -0.05) is 27.2 Å². The van der Waals surface area contributed by atoms with Gasteiger partial charge in [0.05, 0.1) is 6.61 Å². The zero-order chi connectivity index (χ0) is 8.69. The summed E-state index contributed by atoms with van der Waals surface area (Å²) in [6.45, 7) is 9.41. The molecule has 1 unspecified atom stereocenters. The molecule has 2 heteroatoms. The SMILES string of the molecule is CCCC(C)NOCC(C)C. The van der Waals surface area contributed by atoms with Gasteiger partial charge in [0, 0.05) is 6.04 Å². The van der Waals surface area contributed by atoms with E-state index in [0.29, 0.717) is 12.0 Å². The number of nitrogens with one attached hydrogen (secondary N) is 1. The van der Waals surface area contributed by atoms with E-state index in [1.54, 1.807) is 0 Å². The highest BCUT2D eigenvalue weighted by atomic mass is 16.6. The second-order valence-electron chi connectivity index (χ2n) is 3.51. The largest absolute Gasteiger partial charge is 0.301 e. The van der Waals surface area contributed by atoms with Crippen molar-refractivity contribution in [3.05, 3.63) is 0 Å². The summed E-state index contributed by atoms with van der Waals surface area (Å²) in [6.07, 6.45) is 2.39. The Bertz CT molecular complexity index is 83.6. The molecule has 0 aromatic heterocycles. The van der Waals surface area contributed by atoms with Gasteiger partial charge in [-0.2, -0.15) is 5.48 Å². The fourth-order valence-corrected chi connectivity index (χ4v) is 0.849. The van der Waals surface area contributed by atoms with E-state index < -0.39 is 0 Å². The van der Waals surface area contributed by atoms with E-state index in [9.17, 15) is 0 Å². The Kier molecular flexibility index (Phi) is 6.57. The standard InChI is InChI=1S/C9H21NO/c1-5-6-9(4)10-11-7-8(2)3/h8-10H,5-7H2,1-4H3. The molecular formula is C9H21NO. The predicted octanol–water partition coefficient (Wildman–Crippen LogP) is 2.35. The van der Waals surface area contributed by atoms with Gasteiger partial charge in [0.15, 0.2) is 0 Å². The smallest absolute Gasteiger partial charge is 0.0705 e. The van der Waals surface area contributed by atoms with E-state index in [2.05, 4.69) is 33.2 Å². The van der Waals surface area contributed by atoms with Crippen LogP contribution < -0.4 is 5.48 Å². The van der Waals surface area contributed by atoms with Crippen molar-refractivity contribution >= 4 is 0 Å². The Balaban J connectivity index is 3.10. The van der Waals surface area contributed by atoms with Gasteiger partial charge in [-0.05, 0) is 19.3 Å². The molecule has 0 aromatic rings. The molecule has 0 rings (SSSR count). The number of rotatable bonds is 6. The van der Waals surface area contributed by atoms with Crippen LogP contribution in [0.5, 0.6) is 0 Å². The van der Waals surface area contributed by atoms with Crippen LogP contribution >= 0.6 is 0 Å². The van der Waals surface area contributed by atoms with Crippen LogP contribution in [0.25, 0.3) is 0 Å². The molecule has 0 aliphatic heterocycles. The lowest BCUT2D eigenvalue weighted by Crippen LogP contribution is -2.27. The van der Waals surface area contributed by atoms with Gasteiger partial charge in [0.1, 0.15) is 0 Å². The molecule has 11 heavy (non-hydrogen) atoms. The van der Waals surface area contributed by atoms with E-state index in [-0.39, 0.29) is 0 Å². The lowest BCUT2D eigenvalue weighted by Gasteiger charge is -2.13. The number of hydrogen-bond donors (Lipinski definition) is 1. The zero-order valence-electron chi connectivity index (χ0n) is 8.18. The van der Waals surface area contributed by atoms with Crippen LogP contribution in [-0.4, -0.2) is 12.6 Å². The Morgan fingerprint density at radius 1 is 1.27 bits per heavy atom. The number of hydroxylamine groups is 1. The molecule has 0 saturated heterocycles. The normalized spacial score (nSPS) is 13.9. The Morgan fingerprint density at radius 3 is 2.36 bits per heavy atom. The first-order chi connectivity index (χ1) is 5.16. The van der Waals surface area contributed by atoms with Crippen molar-refractivity contribution in [1.82, 2.24) is 5.48 Å². The van der Waals surface area contributed by atoms with E-state index in [1.165, 1.54) is 12.8 Å². The molecule has 0 spiro atoms. The molecule has 0 radical (unpaired) electrons. The van der Waals surface area contributed by atoms with Crippen molar-refractivity contribution in [3.8, 4) is 0 Å². The van der Waals surface area contributed by atoms with Crippen molar-refractivity contribution in [2.45, 2.75) is 46.6 Å². The minimum absolute atomic E-state index is 0.485. The molecule has 0 saturated carbocycles. The summed E-state index contributed by atoms with van der Waals surface area (Å²) >= 11 is 0. The Labute approximate surface area is 70.3 Å². The molecule has 0 aliphatic rings. The first-order valence-corrected chi connectivity index (χ1v) is 4.54. The third-order valence-electron chi connectivity index (χ3n) is 1.42. The Hall–Kier alpha value is -0.0800. The van der Waals surface area contributed by atoms with Gasteiger partial charge in [-0.3, -0.25) is 0 Å².